The first-order chi connectivity index (χ1) is 13.4. The summed E-state index contributed by atoms with van der Waals surface area (Å²) in [6.07, 6.45) is 1.76. The van der Waals surface area contributed by atoms with Crippen LogP contribution >= 0.6 is 0 Å². The number of benzene rings is 1. The van der Waals surface area contributed by atoms with E-state index in [0.29, 0.717) is 43.7 Å². The summed E-state index contributed by atoms with van der Waals surface area (Å²) in [6, 6.07) is 6.20. The molecule has 0 aromatic heterocycles. The van der Waals surface area contributed by atoms with Gasteiger partial charge in [0.05, 0.1) is 24.7 Å². The van der Waals surface area contributed by atoms with Crippen LogP contribution in [-0.2, 0) is 21.1 Å². The number of aryl methyl sites for hydroxylation is 1. The standard InChI is InChI=1S/C20H31N3O4S/c1-15-3-4-18(19(9-15)27-13-17-5-7-26-12-17)11-23-20(21-2)22-10-16-6-8-28(24,25)14-16/h3-4,9,16-17H,5-8,10-14H2,1-2H3,(H2,21,22,23). The number of hydrogen-bond acceptors (Lipinski definition) is 5. The molecule has 2 aliphatic rings. The number of nitrogens with zero attached hydrogens (tertiary/aromatic N) is 1. The number of aliphatic imine (C=N–C) groups is 1. The SMILES string of the molecule is CN=C(NCc1ccc(C)cc1OCC1CCOC1)NCC1CCS(=O)(=O)C1. The van der Waals surface area contributed by atoms with Crippen LogP contribution in [0.2, 0.25) is 0 Å². The van der Waals surface area contributed by atoms with Crippen LogP contribution in [0.1, 0.15) is 24.0 Å². The third kappa shape index (κ3) is 6.10. The molecule has 2 aliphatic heterocycles. The highest BCUT2D eigenvalue weighted by molar-refractivity contribution is 7.91. The van der Waals surface area contributed by atoms with Gasteiger partial charge in [-0.05, 0) is 37.3 Å². The summed E-state index contributed by atoms with van der Waals surface area (Å²) in [5.41, 5.74) is 2.22. The number of rotatable bonds is 7. The van der Waals surface area contributed by atoms with Crippen LogP contribution in [0.5, 0.6) is 5.75 Å². The summed E-state index contributed by atoms with van der Waals surface area (Å²) >= 11 is 0. The van der Waals surface area contributed by atoms with E-state index in [9.17, 15) is 8.42 Å². The van der Waals surface area contributed by atoms with Gasteiger partial charge in [-0.2, -0.15) is 0 Å². The average molecular weight is 410 g/mol. The topological polar surface area (TPSA) is 89.0 Å². The minimum atomic E-state index is -2.85. The number of nitrogens with one attached hydrogen (secondary N) is 2. The molecule has 2 fully saturated rings. The zero-order chi connectivity index (χ0) is 20.0. The van der Waals surface area contributed by atoms with Gasteiger partial charge in [0.25, 0.3) is 0 Å². The van der Waals surface area contributed by atoms with Crippen LogP contribution in [0, 0.1) is 18.8 Å². The molecule has 1 aromatic rings. The quantitative estimate of drug-likeness (QED) is 0.524. The molecule has 156 valence electrons. The molecule has 8 heteroatoms. The van der Waals surface area contributed by atoms with Crippen molar-refractivity contribution in [2.24, 2.45) is 16.8 Å². The Labute approximate surface area is 167 Å². The van der Waals surface area contributed by atoms with Crippen LogP contribution in [0.3, 0.4) is 0 Å². The fraction of sp³-hybridized carbons (Fsp3) is 0.650. The van der Waals surface area contributed by atoms with Crippen LogP contribution in [0.4, 0.5) is 0 Å². The predicted molar refractivity (Wildman–Crippen MR) is 111 cm³/mol. The van der Waals surface area contributed by atoms with E-state index in [1.807, 2.05) is 0 Å². The molecule has 2 unspecified atom stereocenters. The van der Waals surface area contributed by atoms with Crippen LogP contribution in [-0.4, -0.2) is 59.3 Å². The average Bonchev–Trinajstić information content (AvgIpc) is 3.30. The Hall–Kier alpha value is -1.80. The van der Waals surface area contributed by atoms with E-state index < -0.39 is 9.84 Å². The smallest absolute Gasteiger partial charge is 0.191 e. The van der Waals surface area contributed by atoms with Crippen molar-refractivity contribution in [3.63, 3.8) is 0 Å². The van der Waals surface area contributed by atoms with E-state index in [1.54, 1.807) is 7.05 Å². The van der Waals surface area contributed by atoms with E-state index >= 15 is 0 Å². The Balaban J connectivity index is 1.51. The van der Waals surface area contributed by atoms with Gasteiger partial charge in [0.1, 0.15) is 5.75 Å². The zero-order valence-corrected chi connectivity index (χ0v) is 17.6. The molecule has 28 heavy (non-hydrogen) atoms. The van der Waals surface area contributed by atoms with E-state index in [0.717, 1.165) is 36.5 Å². The van der Waals surface area contributed by atoms with Crippen molar-refractivity contribution in [1.82, 2.24) is 10.6 Å². The monoisotopic (exact) mass is 409 g/mol. The molecule has 1 aromatic carbocycles. The number of hydrogen-bond donors (Lipinski definition) is 2. The van der Waals surface area contributed by atoms with Gasteiger partial charge in [0.2, 0.25) is 0 Å². The van der Waals surface area contributed by atoms with Gasteiger partial charge in [0.15, 0.2) is 15.8 Å². The Bertz CT molecular complexity index is 789. The molecule has 0 aliphatic carbocycles. The molecule has 2 atom stereocenters. The first-order valence-electron chi connectivity index (χ1n) is 9.90. The minimum absolute atomic E-state index is 0.149. The van der Waals surface area contributed by atoms with Gasteiger partial charge in [-0.1, -0.05) is 12.1 Å². The molecule has 0 amide bonds. The second-order valence-corrected chi connectivity index (χ2v) is 9.96. The summed E-state index contributed by atoms with van der Waals surface area (Å²) in [7, 11) is -1.14. The maximum absolute atomic E-state index is 11.6. The summed E-state index contributed by atoms with van der Waals surface area (Å²) in [6.45, 7) is 5.50. The van der Waals surface area contributed by atoms with Gasteiger partial charge in [-0.3, -0.25) is 4.99 Å². The Morgan fingerprint density at radius 1 is 1.29 bits per heavy atom. The summed E-state index contributed by atoms with van der Waals surface area (Å²) < 4.78 is 34.7. The molecule has 0 saturated carbocycles. The lowest BCUT2D eigenvalue weighted by molar-refractivity contribution is 0.166. The number of ether oxygens (including phenoxy) is 2. The molecular formula is C20H31N3O4S. The fourth-order valence-electron chi connectivity index (χ4n) is 3.54. The van der Waals surface area contributed by atoms with Crippen molar-refractivity contribution in [2.45, 2.75) is 26.3 Å². The summed E-state index contributed by atoms with van der Waals surface area (Å²) in [4.78, 5) is 4.24. The van der Waals surface area contributed by atoms with Crippen LogP contribution < -0.4 is 15.4 Å². The first-order valence-corrected chi connectivity index (χ1v) is 11.7. The van der Waals surface area contributed by atoms with Gasteiger partial charge < -0.3 is 20.1 Å². The van der Waals surface area contributed by atoms with Crippen LogP contribution in [0.15, 0.2) is 23.2 Å². The maximum atomic E-state index is 11.6. The lowest BCUT2D eigenvalue weighted by Gasteiger charge is -2.17. The Morgan fingerprint density at radius 3 is 2.82 bits per heavy atom. The molecule has 7 nitrogen and oxygen atoms in total. The summed E-state index contributed by atoms with van der Waals surface area (Å²) in [5.74, 6) is 2.71. The molecule has 0 bridgehead atoms. The minimum Gasteiger partial charge on any atom is -0.493 e. The molecule has 3 rings (SSSR count). The highest BCUT2D eigenvalue weighted by Crippen LogP contribution is 2.23. The van der Waals surface area contributed by atoms with E-state index in [-0.39, 0.29) is 11.7 Å². The molecule has 0 spiro atoms. The second kappa shape index (κ2) is 9.60. The Morgan fingerprint density at radius 2 is 2.14 bits per heavy atom. The molecule has 2 saturated heterocycles. The number of guanidine groups is 1. The maximum Gasteiger partial charge on any atom is 0.191 e. The van der Waals surface area contributed by atoms with Gasteiger partial charge >= 0.3 is 0 Å². The third-order valence-electron chi connectivity index (χ3n) is 5.28. The van der Waals surface area contributed by atoms with E-state index in [4.69, 9.17) is 9.47 Å². The molecular weight excluding hydrogens is 378 g/mol. The number of sulfone groups is 1. The van der Waals surface area contributed by atoms with Crippen molar-refractivity contribution >= 4 is 15.8 Å². The van der Waals surface area contributed by atoms with Gasteiger partial charge in [0, 0.05) is 38.2 Å². The highest BCUT2D eigenvalue weighted by Gasteiger charge is 2.27. The van der Waals surface area contributed by atoms with Crippen molar-refractivity contribution < 1.29 is 17.9 Å². The highest BCUT2D eigenvalue weighted by atomic mass is 32.2. The van der Waals surface area contributed by atoms with Crippen molar-refractivity contribution in [1.29, 1.82) is 0 Å². The zero-order valence-electron chi connectivity index (χ0n) is 16.7. The predicted octanol–water partition coefficient (Wildman–Crippen LogP) is 1.51. The van der Waals surface area contributed by atoms with Gasteiger partial charge in [-0.25, -0.2) is 8.42 Å². The van der Waals surface area contributed by atoms with E-state index in [2.05, 4.69) is 40.7 Å². The third-order valence-corrected chi connectivity index (χ3v) is 7.11. The fourth-order valence-corrected chi connectivity index (χ4v) is 5.40. The van der Waals surface area contributed by atoms with Crippen molar-refractivity contribution in [3.8, 4) is 5.75 Å². The lowest BCUT2D eigenvalue weighted by atomic mass is 10.1. The Kier molecular flexibility index (Phi) is 7.18. The summed E-state index contributed by atoms with van der Waals surface area (Å²) in [5, 5.41) is 6.55. The van der Waals surface area contributed by atoms with Crippen molar-refractivity contribution in [2.75, 3.05) is 44.9 Å². The first kappa shape index (κ1) is 20.9. The normalized spacial score (nSPS) is 24.3. The van der Waals surface area contributed by atoms with E-state index in [1.165, 1.54) is 0 Å². The van der Waals surface area contributed by atoms with Crippen LogP contribution in [0.25, 0.3) is 0 Å². The lowest BCUT2D eigenvalue weighted by Crippen LogP contribution is -2.39. The largest absolute Gasteiger partial charge is 0.493 e. The molecule has 2 N–H and O–H groups in total. The van der Waals surface area contributed by atoms with Gasteiger partial charge in [-0.15, -0.1) is 0 Å². The molecule has 2 heterocycles. The molecule has 0 radical (unpaired) electrons. The van der Waals surface area contributed by atoms with Crippen molar-refractivity contribution in [3.05, 3.63) is 29.3 Å². The second-order valence-electron chi connectivity index (χ2n) is 7.73.